The number of morpholine rings is 1. The van der Waals surface area contributed by atoms with Gasteiger partial charge < -0.3 is 14.1 Å². The van der Waals surface area contributed by atoms with Crippen molar-refractivity contribution in [2.75, 3.05) is 19.7 Å². The summed E-state index contributed by atoms with van der Waals surface area (Å²) in [6, 6.07) is 1.99. The van der Waals surface area contributed by atoms with Crippen molar-refractivity contribution in [1.29, 1.82) is 0 Å². The molecular weight excluding hydrogens is 290 g/mol. The number of hydrogen-bond donors (Lipinski definition) is 0. The molecule has 112 valence electrons. The van der Waals surface area contributed by atoms with E-state index in [0.29, 0.717) is 31.5 Å². The second-order valence-electron chi connectivity index (χ2n) is 5.08. The minimum atomic E-state index is -0.335. The van der Waals surface area contributed by atoms with Gasteiger partial charge in [0, 0.05) is 13.5 Å². The lowest BCUT2D eigenvalue weighted by atomic mass is 10.0. The van der Waals surface area contributed by atoms with Gasteiger partial charge in [-0.3, -0.25) is 4.79 Å². The maximum absolute atomic E-state index is 12.6. The maximum Gasteiger partial charge on any atom is 0.246 e. The molecule has 2 atom stereocenters. The van der Waals surface area contributed by atoms with Crippen LogP contribution in [0, 0.1) is 6.92 Å². The lowest BCUT2D eigenvalue weighted by Crippen LogP contribution is -2.44. The predicted molar refractivity (Wildman–Crippen MR) is 77.0 cm³/mol. The van der Waals surface area contributed by atoms with Gasteiger partial charge in [0.25, 0.3) is 0 Å². The van der Waals surface area contributed by atoms with Crippen molar-refractivity contribution in [3.05, 3.63) is 34.2 Å². The van der Waals surface area contributed by atoms with Crippen LogP contribution in [-0.2, 0) is 9.53 Å². The van der Waals surface area contributed by atoms with Crippen molar-refractivity contribution in [2.45, 2.75) is 25.9 Å². The number of aromatic nitrogens is 2. The van der Waals surface area contributed by atoms with Gasteiger partial charge in [0.15, 0.2) is 6.10 Å². The highest BCUT2D eigenvalue weighted by Gasteiger charge is 2.31. The minimum absolute atomic E-state index is 0.109. The first-order valence-electron chi connectivity index (χ1n) is 6.87. The molecule has 1 aliphatic rings. The first kappa shape index (κ1) is 14.2. The molecule has 2 aromatic heterocycles. The Kier molecular flexibility index (Phi) is 4.03. The van der Waals surface area contributed by atoms with Crippen LogP contribution in [0.4, 0.5) is 0 Å². The Balaban J connectivity index is 1.69. The number of carbonyl (C=O) groups excluding carboxylic acids is 1. The molecule has 1 fully saturated rings. The number of hydrogen-bond acceptors (Lipinski definition) is 6. The van der Waals surface area contributed by atoms with Crippen LogP contribution in [0.3, 0.4) is 0 Å². The van der Waals surface area contributed by atoms with Gasteiger partial charge >= 0.3 is 0 Å². The fraction of sp³-hybridized carbons (Fsp3) is 0.500. The monoisotopic (exact) mass is 307 g/mol. The SMILES string of the molecule is Cc1nnc([C@H]2CN(C(=O)[C@@H](C)c3ccsc3)CCO2)o1. The van der Waals surface area contributed by atoms with Crippen LogP contribution in [0.15, 0.2) is 21.2 Å². The first-order valence-corrected chi connectivity index (χ1v) is 7.82. The molecule has 1 amide bonds. The van der Waals surface area contributed by atoms with Crippen LogP contribution >= 0.6 is 11.3 Å². The summed E-state index contributed by atoms with van der Waals surface area (Å²) in [5, 5.41) is 11.8. The third kappa shape index (κ3) is 2.98. The second kappa shape index (κ2) is 5.95. The predicted octanol–water partition coefficient (Wildman–Crippen LogP) is 2.14. The summed E-state index contributed by atoms with van der Waals surface area (Å²) >= 11 is 1.60. The molecule has 0 unspecified atom stereocenters. The summed E-state index contributed by atoms with van der Waals surface area (Å²) in [7, 11) is 0. The zero-order valence-electron chi connectivity index (χ0n) is 12.0. The van der Waals surface area contributed by atoms with E-state index in [2.05, 4.69) is 10.2 Å². The van der Waals surface area contributed by atoms with Crippen molar-refractivity contribution in [3.63, 3.8) is 0 Å². The lowest BCUT2D eigenvalue weighted by molar-refractivity contribution is -0.141. The van der Waals surface area contributed by atoms with Gasteiger partial charge in [-0.2, -0.15) is 11.3 Å². The highest BCUT2D eigenvalue weighted by molar-refractivity contribution is 7.08. The quantitative estimate of drug-likeness (QED) is 0.869. The van der Waals surface area contributed by atoms with Crippen LogP contribution < -0.4 is 0 Å². The molecule has 2 aromatic rings. The summed E-state index contributed by atoms with van der Waals surface area (Å²) in [6.45, 7) is 5.20. The van der Waals surface area contributed by atoms with Gasteiger partial charge in [0.1, 0.15) is 0 Å². The van der Waals surface area contributed by atoms with E-state index in [0.717, 1.165) is 5.56 Å². The molecule has 3 heterocycles. The molecule has 0 saturated carbocycles. The van der Waals surface area contributed by atoms with Gasteiger partial charge in [-0.05, 0) is 29.3 Å². The Morgan fingerprint density at radius 2 is 2.38 bits per heavy atom. The van der Waals surface area contributed by atoms with Gasteiger partial charge in [-0.25, -0.2) is 0 Å². The normalized spacial score (nSPS) is 20.5. The fourth-order valence-electron chi connectivity index (χ4n) is 2.38. The average molecular weight is 307 g/mol. The zero-order valence-corrected chi connectivity index (χ0v) is 12.8. The van der Waals surface area contributed by atoms with Crippen LogP contribution in [0.2, 0.25) is 0 Å². The zero-order chi connectivity index (χ0) is 14.8. The van der Waals surface area contributed by atoms with E-state index in [1.807, 2.05) is 28.7 Å². The first-order chi connectivity index (χ1) is 10.1. The molecule has 0 N–H and O–H groups in total. The van der Waals surface area contributed by atoms with E-state index in [9.17, 15) is 4.79 Å². The van der Waals surface area contributed by atoms with Gasteiger partial charge in [-0.1, -0.05) is 0 Å². The fourth-order valence-corrected chi connectivity index (χ4v) is 3.13. The number of thiophene rings is 1. The summed E-state index contributed by atoms with van der Waals surface area (Å²) in [5.41, 5.74) is 1.06. The largest absolute Gasteiger partial charge is 0.423 e. The van der Waals surface area contributed by atoms with Crippen molar-refractivity contribution < 1.29 is 13.9 Å². The third-order valence-corrected chi connectivity index (χ3v) is 4.31. The molecule has 6 nitrogen and oxygen atoms in total. The Labute approximate surface area is 126 Å². The molecule has 0 bridgehead atoms. The smallest absolute Gasteiger partial charge is 0.246 e. The van der Waals surface area contributed by atoms with Gasteiger partial charge in [0.05, 0.1) is 19.1 Å². The molecule has 0 aliphatic carbocycles. The number of aryl methyl sites for hydroxylation is 1. The second-order valence-corrected chi connectivity index (χ2v) is 5.86. The molecule has 0 radical (unpaired) electrons. The topological polar surface area (TPSA) is 68.5 Å². The summed E-state index contributed by atoms with van der Waals surface area (Å²) in [4.78, 5) is 14.4. The number of nitrogens with zero attached hydrogens (tertiary/aromatic N) is 3. The number of rotatable bonds is 3. The number of amides is 1. The van der Waals surface area contributed by atoms with E-state index in [1.165, 1.54) is 0 Å². The summed E-state index contributed by atoms with van der Waals surface area (Å²) < 4.78 is 11.0. The molecule has 1 aliphatic heterocycles. The lowest BCUT2D eigenvalue weighted by Gasteiger charge is -2.32. The highest BCUT2D eigenvalue weighted by atomic mass is 32.1. The molecule has 0 aromatic carbocycles. The van der Waals surface area contributed by atoms with Crippen LogP contribution in [-0.4, -0.2) is 40.7 Å². The molecular formula is C14H17N3O3S. The molecule has 21 heavy (non-hydrogen) atoms. The van der Waals surface area contributed by atoms with Crippen LogP contribution in [0.5, 0.6) is 0 Å². The average Bonchev–Trinajstić information content (AvgIpc) is 3.17. The molecule has 1 saturated heterocycles. The minimum Gasteiger partial charge on any atom is -0.423 e. The van der Waals surface area contributed by atoms with Crippen molar-refractivity contribution >= 4 is 17.2 Å². The standard InChI is InChI=1S/C14H17N3O3S/c1-9(11-3-6-21-8-11)14(18)17-4-5-19-12(7-17)13-16-15-10(2)20-13/h3,6,8-9,12H,4-5,7H2,1-2H3/t9-,12+/m0/s1. The van der Waals surface area contributed by atoms with E-state index in [4.69, 9.17) is 9.15 Å². The van der Waals surface area contributed by atoms with E-state index >= 15 is 0 Å². The summed E-state index contributed by atoms with van der Waals surface area (Å²) in [6.07, 6.45) is -0.335. The van der Waals surface area contributed by atoms with Crippen molar-refractivity contribution in [3.8, 4) is 0 Å². The highest BCUT2D eigenvalue weighted by Crippen LogP contribution is 2.25. The Morgan fingerprint density at radius 1 is 1.52 bits per heavy atom. The van der Waals surface area contributed by atoms with Crippen LogP contribution in [0.1, 0.15) is 36.3 Å². The van der Waals surface area contributed by atoms with E-state index in [1.54, 1.807) is 18.3 Å². The van der Waals surface area contributed by atoms with Gasteiger partial charge in [-0.15, -0.1) is 10.2 Å². The number of ether oxygens (including phenoxy) is 1. The van der Waals surface area contributed by atoms with E-state index < -0.39 is 0 Å². The molecule has 0 spiro atoms. The maximum atomic E-state index is 12.6. The van der Waals surface area contributed by atoms with Crippen molar-refractivity contribution in [1.82, 2.24) is 15.1 Å². The Hall–Kier alpha value is -1.73. The Morgan fingerprint density at radius 3 is 3.05 bits per heavy atom. The van der Waals surface area contributed by atoms with Gasteiger partial charge in [0.2, 0.25) is 17.7 Å². The van der Waals surface area contributed by atoms with Crippen molar-refractivity contribution in [2.24, 2.45) is 0 Å². The molecule has 3 rings (SSSR count). The third-order valence-electron chi connectivity index (χ3n) is 3.61. The molecule has 7 heteroatoms. The Bertz CT molecular complexity index is 611. The number of carbonyl (C=O) groups is 1. The van der Waals surface area contributed by atoms with E-state index in [-0.39, 0.29) is 17.9 Å². The van der Waals surface area contributed by atoms with Crippen LogP contribution in [0.25, 0.3) is 0 Å². The summed E-state index contributed by atoms with van der Waals surface area (Å²) in [5.74, 6) is 0.911.